The van der Waals surface area contributed by atoms with E-state index in [1.807, 2.05) is 60.3 Å². The van der Waals surface area contributed by atoms with Crippen LogP contribution in [-0.4, -0.2) is 28.4 Å². The molecule has 1 heterocycles. The highest BCUT2D eigenvalue weighted by molar-refractivity contribution is 6.33. The molecule has 1 aliphatic rings. The van der Waals surface area contributed by atoms with Crippen molar-refractivity contribution in [3.8, 4) is 0 Å². The van der Waals surface area contributed by atoms with Crippen molar-refractivity contribution < 1.29 is 0 Å². The van der Waals surface area contributed by atoms with Crippen LogP contribution in [0.3, 0.4) is 0 Å². The number of nitrogens with zero attached hydrogens (tertiary/aromatic N) is 4. The standard InChI is InChI=1S/C22H23ClN4/c1-26-14-13-24-22(26)21(16-7-4-3-5-8-16)25-17-11-12-20(19(23)15-17)27(2)18-9-6-10-18/h3-5,7-8,11-15,18H,6,9-10H2,1-2H3. The van der Waals surface area contributed by atoms with E-state index in [1.165, 1.54) is 19.3 Å². The Balaban J connectivity index is 1.72. The molecule has 0 spiro atoms. The predicted molar refractivity (Wildman–Crippen MR) is 112 cm³/mol. The first-order valence-electron chi connectivity index (χ1n) is 9.27. The number of anilines is 1. The van der Waals surface area contributed by atoms with Gasteiger partial charge in [0.15, 0.2) is 5.82 Å². The molecule has 0 bridgehead atoms. The largest absolute Gasteiger partial charge is 0.370 e. The van der Waals surface area contributed by atoms with Crippen molar-refractivity contribution in [2.75, 3.05) is 11.9 Å². The summed E-state index contributed by atoms with van der Waals surface area (Å²) >= 11 is 6.60. The fourth-order valence-electron chi connectivity index (χ4n) is 3.38. The number of hydrogen-bond donors (Lipinski definition) is 0. The molecular weight excluding hydrogens is 356 g/mol. The van der Waals surface area contributed by atoms with E-state index >= 15 is 0 Å². The van der Waals surface area contributed by atoms with Gasteiger partial charge in [0.2, 0.25) is 0 Å². The van der Waals surface area contributed by atoms with Crippen LogP contribution in [-0.2, 0) is 7.05 Å². The Morgan fingerprint density at radius 3 is 2.56 bits per heavy atom. The second kappa shape index (κ2) is 7.57. The normalized spacial score (nSPS) is 14.9. The van der Waals surface area contributed by atoms with Crippen molar-refractivity contribution in [1.82, 2.24) is 9.55 Å². The first kappa shape index (κ1) is 17.8. The minimum absolute atomic E-state index is 0.601. The van der Waals surface area contributed by atoms with Crippen molar-refractivity contribution in [3.05, 3.63) is 77.3 Å². The number of imidazole rings is 1. The summed E-state index contributed by atoms with van der Waals surface area (Å²) in [4.78, 5) is 11.7. The van der Waals surface area contributed by atoms with E-state index in [-0.39, 0.29) is 0 Å². The first-order valence-corrected chi connectivity index (χ1v) is 9.65. The predicted octanol–water partition coefficient (Wildman–Crippen LogP) is 5.23. The molecule has 27 heavy (non-hydrogen) atoms. The van der Waals surface area contributed by atoms with E-state index in [1.54, 1.807) is 6.20 Å². The quantitative estimate of drug-likeness (QED) is 0.569. The molecule has 1 fully saturated rings. The third-order valence-electron chi connectivity index (χ3n) is 5.25. The van der Waals surface area contributed by atoms with Gasteiger partial charge in [-0.05, 0) is 37.5 Å². The van der Waals surface area contributed by atoms with Gasteiger partial charge < -0.3 is 9.47 Å². The summed E-state index contributed by atoms with van der Waals surface area (Å²) in [6.07, 6.45) is 7.50. The number of aliphatic imine (C=N–C) groups is 1. The van der Waals surface area contributed by atoms with Crippen molar-refractivity contribution in [1.29, 1.82) is 0 Å². The number of halogens is 1. The molecule has 1 aromatic heterocycles. The van der Waals surface area contributed by atoms with Crippen molar-refractivity contribution in [2.24, 2.45) is 12.0 Å². The molecule has 3 aromatic rings. The third-order valence-corrected chi connectivity index (χ3v) is 5.56. The smallest absolute Gasteiger partial charge is 0.159 e. The summed E-state index contributed by atoms with van der Waals surface area (Å²) in [5.74, 6) is 0.827. The Labute approximate surface area is 165 Å². The monoisotopic (exact) mass is 378 g/mol. The van der Waals surface area contributed by atoms with Crippen LogP contribution in [0.15, 0.2) is 65.9 Å². The fourth-order valence-corrected chi connectivity index (χ4v) is 3.69. The Morgan fingerprint density at radius 2 is 1.96 bits per heavy atom. The summed E-state index contributed by atoms with van der Waals surface area (Å²) in [5.41, 5.74) is 3.75. The van der Waals surface area contributed by atoms with Gasteiger partial charge in [-0.2, -0.15) is 0 Å². The zero-order chi connectivity index (χ0) is 18.8. The summed E-state index contributed by atoms with van der Waals surface area (Å²) in [7, 11) is 4.10. The maximum Gasteiger partial charge on any atom is 0.159 e. The van der Waals surface area contributed by atoms with E-state index in [2.05, 4.69) is 23.0 Å². The van der Waals surface area contributed by atoms with Gasteiger partial charge in [0, 0.05) is 38.1 Å². The molecule has 138 valence electrons. The van der Waals surface area contributed by atoms with Crippen molar-refractivity contribution in [3.63, 3.8) is 0 Å². The lowest BCUT2D eigenvalue weighted by Crippen LogP contribution is -2.37. The zero-order valence-corrected chi connectivity index (χ0v) is 16.4. The van der Waals surface area contributed by atoms with Crippen LogP contribution in [0.1, 0.15) is 30.7 Å². The molecule has 1 aliphatic carbocycles. The Bertz CT molecular complexity index is 957. The number of aryl methyl sites for hydroxylation is 1. The average Bonchev–Trinajstić information content (AvgIpc) is 3.04. The highest BCUT2D eigenvalue weighted by Gasteiger charge is 2.23. The van der Waals surface area contributed by atoms with Crippen LogP contribution in [0.25, 0.3) is 0 Å². The van der Waals surface area contributed by atoms with Crippen LogP contribution in [0.4, 0.5) is 11.4 Å². The number of rotatable bonds is 5. The number of benzene rings is 2. The van der Waals surface area contributed by atoms with Crippen LogP contribution < -0.4 is 4.90 Å². The third kappa shape index (κ3) is 3.62. The Hall–Kier alpha value is -2.59. The van der Waals surface area contributed by atoms with Gasteiger partial charge in [0.25, 0.3) is 0 Å². The molecule has 4 nitrogen and oxygen atoms in total. The summed E-state index contributed by atoms with van der Waals surface area (Å²) in [6, 6.07) is 16.8. The van der Waals surface area contributed by atoms with Crippen LogP contribution in [0.2, 0.25) is 5.02 Å². The van der Waals surface area contributed by atoms with E-state index < -0.39 is 0 Å². The molecule has 0 unspecified atom stereocenters. The topological polar surface area (TPSA) is 33.4 Å². The van der Waals surface area contributed by atoms with Gasteiger partial charge in [0.1, 0.15) is 5.71 Å². The minimum atomic E-state index is 0.601. The van der Waals surface area contributed by atoms with E-state index in [4.69, 9.17) is 16.6 Å². The number of hydrogen-bond acceptors (Lipinski definition) is 3. The lowest BCUT2D eigenvalue weighted by Gasteiger charge is -2.36. The highest BCUT2D eigenvalue weighted by atomic mass is 35.5. The summed E-state index contributed by atoms with van der Waals surface area (Å²) in [5, 5.41) is 0.734. The molecular formula is C22H23ClN4. The van der Waals surface area contributed by atoms with Crippen LogP contribution >= 0.6 is 11.6 Å². The highest BCUT2D eigenvalue weighted by Crippen LogP contribution is 2.35. The Morgan fingerprint density at radius 1 is 1.19 bits per heavy atom. The van der Waals surface area contributed by atoms with Gasteiger partial charge in [-0.25, -0.2) is 9.98 Å². The van der Waals surface area contributed by atoms with Gasteiger partial charge in [-0.3, -0.25) is 0 Å². The average molecular weight is 379 g/mol. The van der Waals surface area contributed by atoms with E-state index in [0.717, 1.165) is 33.5 Å². The van der Waals surface area contributed by atoms with Crippen LogP contribution in [0.5, 0.6) is 0 Å². The van der Waals surface area contributed by atoms with Gasteiger partial charge in [-0.15, -0.1) is 0 Å². The molecule has 5 heteroatoms. The molecule has 0 amide bonds. The zero-order valence-electron chi connectivity index (χ0n) is 15.6. The van der Waals surface area contributed by atoms with Gasteiger partial charge in [0.05, 0.1) is 16.4 Å². The van der Waals surface area contributed by atoms with Crippen LogP contribution in [0, 0.1) is 0 Å². The lowest BCUT2D eigenvalue weighted by atomic mass is 9.91. The molecule has 0 saturated heterocycles. The van der Waals surface area contributed by atoms with Gasteiger partial charge >= 0.3 is 0 Å². The molecule has 0 radical (unpaired) electrons. The van der Waals surface area contributed by atoms with Crippen molar-refractivity contribution >= 4 is 28.7 Å². The van der Waals surface area contributed by atoms with E-state index in [9.17, 15) is 0 Å². The molecule has 0 N–H and O–H groups in total. The molecule has 4 rings (SSSR count). The van der Waals surface area contributed by atoms with E-state index in [0.29, 0.717) is 6.04 Å². The molecule has 0 atom stereocenters. The maximum absolute atomic E-state index is 6.60. The number of aromatic nitrogens is 2. The van der Waals surface area contributed by atoms with Crippen molar-refractivity contribution in [2.45, 2.75) is 25.3 Å². The summed E-state index contributed by atoms with van der Waals surface area (Å²) in [6.45, 7) is 0. The van der Waals surface area contributed by atoms with Gasteiger partial charge in [-0.1, -0.05) is 41.9 Å². The second-order valence-corrected chi connectivity index (χ2v) is 7.43. The molecule has 0 aliphatic heterocycles. The summed E-state index contributed by atoms with van der Waals surface area (Å²) < 4.78 is 1.98. The molecule has 2 aromatic carbocycles. The first-order chi connectivity index (χ1) is 13.1. The maximum atomic E-state index is 6.60. The second-order valence-electron chi connectivity index (χ2n) is 7.02. The fraction of sp³-hybridized carbons (Fsp3) is 0.273. The Kier molecular flexibility index (Phi) is 4.99. The SMILES string of the molecule is CN(c1ccc(N=C(c2ccccc2)c2nccn2C)cc1Cl)C1CCC1. The molecule has 1 saturated carbocycles. The minimum Gasteiger partial charge on any atom is -0.370 e. The lowest BCUT2D eigenvalue weighted by molar-refractivity contribution is 0.401.